The van der Waals surface area contributed by atoms with Gasteiger partial charge in [-0.05, 0) is 49.4 Å². The predicted molar refractivity (Wildman–Crippen MR) is 113 cm³/mol. The maximum absolute atomic E-state index is 12.7. The summed E-state index contributed by atoms with van der Waals surface area (Å²) in [6.45, 7) is 3.80. The average Bonchev–Trinajstić information content (AvgIpc) is 2.66. The molecule has 3 atom stereocenters. The van der Waals surface area contributed by atoms with Gasteiger partial charge in [-0.15, -0.1) is 12.4 Å². The topological polar surface area (TPSA) is 79.5 Å². The molecule has 3 unspecified atom stereocenters. The zero-order valence-corrected chi connectivity index (χ0v) is 17.5. The van der Waals surface area contributed by atoms with E-state index >= 15 is 0 Å². The van der Waals surface area contributed by atoms with E-state index < -0.39 is 6.04 Å². The SMILES string of the molecule is CSCCC(NC(=O)COc1ccccc1)C(=O)NC1CNCCC1C.Cl. The number of ether oxygens (including phenoxy) is 1. The molecule has 1 fully saturated rings. The first-order chi connectivity index (χ1) is 12.6. The number of para-hydroxylation sites is 1. The van der Waals surface area contributed by atoms with Crippen LogP contribution < -0.4 is 20.7 Å². The van der Waals surface area contributed by atoms with E-state index in [-0.39, 0.29) is 36.9 Å². The Morgan fingerprint density at radius 1 is 1.33 bits per heavy atom. The summed E-state index contributed by atoms with van der Waals surface area (Å²) in [5.41, 5.74) is 0. The van der Waals surface area contributed by atoms with Gasteiger partial charge in [0.2, 0.25) is 5.91 Å². The summed E-state index contributed by atoms with van der Waals surface area (Å²) in [5.74, 6) is 1.46. The van der Waals surface area contributed by atoms with Gasteiger partial charge in [-0.3, -0.25) is 9.59 Å². The van der Waals surface area contributed by atoms with Gasteiger partial charge in [0, 0.05) is 12.6 Å². The van der Waals surface area contributed by atoms with Gasteiger partial charge < -0.3 is 20.7 Å². The van der Waals surface area contributed by atoms with Gasteiger partial charge >= 0.3 is 0 Å². The Bertz CT molecular complexity index is 577. The monoisotopic (exact) mass is 415 g/mol. The summed E-state index contributed by atoms with van der Waals surface area (Å²) >= 11 is 1.66. The minimum absolute atomic E-state index is 0. The molecule has 27 heavy (non-hydrogen) atoms. The number of hydrogen-bond acceptors (Lipinski definition) is 5. The molecule has 0 saturated carbocycles. The van der Waals surface area contributed by atoms with Crippen LogP contribution in [0.1, 0.15) is 19.8 Å². The van der Waals surface area contributed by atoms with Crippen molar-refractivity contribution in [1.29, 1.82) is 0 Å². The zero-order chi connectivity index (χ0) is 18.8. The maximum atomic E-state index is 12.7. The van der Waals surface area contributed by atoms with Crippen molar-refractivity contribution < 1.29 is 14.3 Å². The quantitative estimate of drug-likeness (QED) is 0.573. The van der Waals surface area contributed by atoms with Crippen molar-refractivity contribution in [3.05, 3.63) is 30.3 Å². The van der Waals surface area contributed by atoms with Crippen LogP contribution in [0.2, 0.25) is 0 Å². The fourth-order valence-corrected chi connectivity index (χ4v) is 3.34. The lowest BCUT2D eigenvalue weighted by Gasteiger charge is -2.31. The van der Waals surface area contributed by atoms with Crippen molar-refractivity contribution in [2.75, 3.05) is 31.7 Å². The fraction of sp³-hybridized carbons (Fsp3) is 0.579. The minimum Gasteiger partial charge on any atom is -0.484 e. The van der Waals surface area contributed by atoms with Crippen molar-refractivity contribution in [2.24, 2.45) is 5.92 Å². The molecule has 1 aromatic rings. The van der Waals surface area contributed by atoms with Crippen LogP contribution >= 0.6 is 24.2 Å². The molecule has 1 saturated heterocycles. The molecule has 1 aliphatic heterocycles. The summed E-state index contributed by atoms with van der Waals surface area (Å²) in [4.78, 5) is 24.9. The summed E-state index contributed by atoms with van der Waals surface area (Å²) in [6.07, 6.45) is 3.62. The summed E-state index contributed by atoms with van der Waals surface area (Å²) in [6, 6.07) is 8.74. The molecule has 6 nitrogen and oxygen atoms in total. The van der Waals surface area contributed by atoms with Gasteiger partial charge in [0.05, 0.1) is 0 Å². The third-order valence-electron chi connectivity index (χ3n) is 4.53. The molecule has 1 aromatic carbocycles. The van der Waals surface area contributed by atoms with E-state index in [1.807, 2.05) is 24.5 Å². The van der Waals surface area contributed by atoms with Crippen LogP contribution in [0, 0.1) is 5.92 Å². The highest BCUT2D eigenvalue weighted by Gasteiger charge is 2.27. The third kappa shape index (κ3) is 8.41. The number of benzene rings is 1. The van der Waals surface area contributed by atoms with Gasteiger partial charge in [0.15, 0.2) is 6.61 Å². The highest BCUT2D eigenvalue weighted by Crippen LogP contribution is 2.12. The molecule has 0 spiro atoms. The number of thioether (sulfide) groups is 1. The van der Waals surface area contributed by atoms with Gasteiger partial charge in [-0.2, -0.15) is 11.8 Å². The van der Waals surface area contributed by atoms with Crippen LogP contribution in [0.4, 0.5) is 0 Å². The Labute approximate surface area is 172 Å². The van der Waals surface area contributed by atoms with Crippen molar-refractivity contribution in [3.8, 4) is 5.75 Å². The summed E-state index contributed by atoms with van der Waals surface area (Å²) in [5, 5.41) is 9.21. The summed E-state index contributed by atoms with van der Waals surface area (Å²) in [7, 11) is 0. The second-order valence-electron chi connectivity index (χ2n) is 6.59. The van der Waals surface area contributed by atoms with E-state index in [0.717, 1.165) is 25.3 Å². The number of amides is 2. The van der Waals surface area contributed by atoms with Crippen LogP contribution in [0.5, 0.6) is 5.75 Å². The number of hydrogen-bond donors (Lipinski definition) is 3. The average molecular weight is 416 g/mol. The molecular formula is C19H30ClN3O3S. The Hall–Kier alpha value is -1.44. The molecule has 0 radical (unpaired) electrons. The molecule has 3 N–H and O–H groups in total. The van der Waals surface area contributed by atoms with Crippen molar-refractivity contribution in [2.45, 2.75) is 31.8 Å². The third-order valence-corrected chi connectivity index (χ3v) is 5.17. The van der Waals surface area contributed by atoms with Crippen molar-refractivity contribution in [1.82, 2.24) is 16.0 Å². The van der Waals surface area contributed by atoms with Crippen molar-refractivity contribution >= 4 is 36.0 Å². The van der Waals surface area contributed by atoms with Crippen LogP contribution in [0.3, 0.4) is 0 Å². The fourth-order valence-electron chi connectivity index (χ4n) is 2.87. The van der Waals surface area contributed by atoms with Gasteiger partial charge in [0.1, 0.15) is 11.8 Å². The first-order valence-electron chi connectivity index (χ1n) is 9.07. The second kappa shape index (κ2) is 12.9. The van der Waals surface area contributed by atoms with E-state index in [1.54, 1.807) is 23.9 Å². The molecular weight excluding hydrogens is 386 g/mol. The number of halogens is 1. The van der Waals surface area contributed by atoms with Gasteiger partial charge in [-0.25, -0.2) is 0 Å². The number of nitrogens with one attached hydrogen (secondary N) is 3. The lowest BCUT2D eigenvalue weighted by atomic mass is 9.94. The van der Waals surface area contributed by atoms with Crippen LogP contribution in [-0.2, 0) is 9.59 Å². The Morgan fingerprint density at radius 3 is 2.74 bits per heavy atom. The standard InChI is InChI=1S/C19H29N3O3S.ClH/c1-14-8-10-20-12-17(14)22-19(24)16(9-11-26-2)21-18(23)13-25-15-6-4-3-5-7-15;/h3-7,14,16-17,20H,8-13H2,1-2H3,(H,21,23)(H,22,24);1H. The van der Waals surface area contributed by atoms with Gasteiger partial charge in [-0.1, -0.05) is 25.1 Å². The van der Waals surface area contributed by atoms with E-state index in [9.17, 15) is 9.59 Å². The minimum atomic E-state index is -0.538. The molecule has 1 aliphatic rings. The first kappa shape index (κ1) is 23.6. The van der Waals surface area contributed by atoms with E-state index in [0.29, 0.717) is 18.1 Å². The van der Waals surface area contributed by atoms with E-state index in [2.05, 4.69) is 22.9 Å². The summed E-state index contributed by atoms with van der Waals surface area (Å²) < 4.78 is 5.46. The zero-order valence-electron chi connectivity index (χ0n) is 15.9. The maximum Gasteiger partial charge on any atom is 0.258 e. The number of carbonyl (C=O) groups is 2. The largest absolute Gasteiger partial charge is 0.484 e. The highest BCUT2D eigenvalue weighted by atomic mass is 35.5. The van der Waals surface area contributed by atoms with E-state index in [4.69, 9.17) is 4.74 Å². The van der Waals surface area contributed by atoms with Crippen molar-refractivity contribution in [3.63, 3.8) is 0 Å². The molecule has 0 bridgehead atoms. The molecule has 152 valence electrons. The lowest BCUT2D eigenvalue weighted by molar-refractivity contribution is -0.130. The smallest absolute Gasteiger partial charge is 0.258 e. The number of rotatable bonds is 9. The first-order valence-corrected chi connectivity index (χ1v) is 10.5. The molecule has 1 heterocycles. The normalized spacial score (nSPS) is 20.1. The second-order valence-corrected chi connectivity index (χ2v) is 7.57. The predicted octanol–water partition coefficient (Wildman–Crippen LogP) is 1.84. The van der Waals surface area contributed by atoms with Crippen LogP contribution in [0.15, 0.2) is 30.3 Å². The number of carbonyl (C=O) groups excluding carboxylic acids is 2. The van der Waals surface area contributed by atoms with Gasteiger partial charge in [0.25, 0.3) is 5.91 Å². The lowest BCUT2D eigenvalue weighted by Crippen LogP contribution is -2.56. The Kier molecular flexibility index (Phi) is 11.2. The number of piperidine rings is 1. The Balaban J connectivity index is 0.00000364. The molecule has 2 amide bonds. The molecule has 2 rings (SSSR count). The molecule has 0 aliphatic carbocycles. The molecule has 8 heteroatoms. The Morgan fingerprint density at radius 2 is 2.07 bits per heavy atom. The van der Waals surface area contributed by atoms with Crippen LogP contribution in [-0.4, -0.2) is 55.6 Å². The van der Waals surface area contributed by atoms with Crippen LogP contribution in [0.25, 0.3) is 0 Å². The highest BCUT2D eigenvalue weighted by molar-refractivity contribution is 7.98. The molecule has 0 aromatic heterocycles. The van der Waals surface area contributed by atoms with E-state index in [1.165, 1.54) is 0 Å².